The van der Waals surface area contributed by atoms with Gasteiger partial charge in [0.15, 0.2) is 0 Å². The fourth-order valence-electron chi connectivity index (χ4n) is 1.25. The lowest BCUT2D eigenvalue weighted by atomic mass is 10.2. The molecule has 4 N–H and O–H groups in total. The molecular formula is C10H17N5. The molecule has 0 aliphatic carbocycles. The summed E-state index contributed by atoms with van der Waals surface area (Å²) in [6.07, 6.45) is 0. The van der Waals surface area contributed by atoms with Gasteiger partial charge in [0.05, 0.1) is 11.4 Å². The lowest BCUT2D eigenvalue weighted by Gasteiger charge is -2.18. The number of hydrazine groups is 1. The third-order valence-electron chi connectivity index (χ3n) is 2.00. The normalized spacial score (nSPS) is 11.1. The number of anilines is 2. The molecule has 1 aromatic rings. The van der Waals surface area contributed by atoms with Crippen molar-refractivity contribution in [2.24, 2.45) is 10.8 Å². The molecule has 0 heterocycles. The van der Waals surface area contributed by atoms with Crippen LogP contribution in [0.25, 0.3) is 0 Å². The summed E-state index contributed by atoms with van der Waals surface area (Å²) in [5.74, 6) is 5.83. The van der Waals surface area contributed by atoms with Gasteiger partial charge in [-0.2, -0.15) is 0 Å². The van der Waals surface area contributed by atoms with Crippen molar-refractivity contribution >= 4 is 17.3 Å². The van der Waals surface area contributed by atoms with Crippen molar-refractivity contribution in [3.8, 4) is 0 Å². The summed E-state index contributed by atoms with van der Waals surface area (Å²) in [5.41, 5.74) is 4.52. The van der Waals surface area contributed by atoms with Crippen LogP contribution in [-0.2, 0) is 0 Å². The van der Waals surface area contributed by atoms with Crippen molar-refractivity contribution in [1.82, 2.24) is 5.43 Å². The third-order valence-corrected chi connectivity index (χ3v) is 2.00. The summed E-state index contributed by atoms with van der Waals surface area (Å²) >= 11 is 0. The summed E-state index contributed by atoms with van der Waals surface area (Å²) in [7, 11) is 5.64. The van der Waals surface area contributed by atoms with Gasteiger partial charge in [0.2, 0.25) is 5.96 Å². The molecule has 1 rings (SSSR count). The molecular weight excluding hydrogens is 190 g/mol. The fraction of sp³-hybridized carbons (Fsp3) is 0.300. The van der Waals surface area contributed by atoms with E-state index in [0.29, 0.717) is 5.96 Å². The smallest absolute Gasteiger partial charge is 0.210 e. The van der Waals surface area contributed by atoms with E-state index in [0.717, 1.165) is 11.4 Å². The van der Waals surface area contributed by atoms with Crippen LogP contribution in [0.1, 0.15) is 0 Å². The van der Waals surface area contributed by atoms with Gasteiger partial charge < -0.3 is 10.2 Å². The molecule has 0 amide bonds. The van der Waals surface area contributed by atoms with Crippen molar-refractivity contribution in [3.05, 3.63) is 24.3 Å². The summed E-state index contributed by atoms with van der Waals surface area (Å²) in [4.78, 5) is 5.97. The SMILES string of the molecule is CN=C(NN)Nc1ccccc1N(C)C. The molecule has 1 aromatic carbocycles. The third kappa shape index (κ3) is 2.85. The zero-order chi connectivity index (χ0) is 11.3. The van der Waals surface area contributed by atoms with Crippen molar-refractivity contribution in [2.75, 3.05) is 31.4 Å². The van der Waals surface area contributed by atoms with Gasteiger partial charge in [-0.15, -0.1) is 0 Å². The Morgan fingerprint density at radius 1 is 1.33 bits per heavy atom. The predicted molar refractivity (Wildman–Crippen MR) is 65.1 cm³/mol. The first kappa shape index (κ1) is 11.3. The summed E-state index contributed by atoms with van der Waals surface area (Å²) in [6, 6.07) is 7.93. The van der Waals surface area contributed by atoms with Crippen molar-refractivity contribution in [2.45, 2.75) is 0 Å². The second-order valence-electron chi connectivity index (χ2n) is 3.25. The fourth-order valence-corrected chi connectivity index (χ4v) is 1.25. The monoisotopic (exact) mass is 207 g/mol. The number of benzene rings is 1. The summed E-state index contributed by atoms with van der Waals surface area (Å²) in [6.45, 7) is 0. The highest BCUT2D eigenvalue weighted by Crippen LogP contribution is 2.22. The van der Waals surface area contributed by atoms with Gasteiger partial charge in [0.1, 0.15) is 0 Å². The van der Waals surface area contributed by atoms with Crippen LogP contribution < -0.4 is 21.5 Å². The number of nitrogens with two attached hydrogens (primary N) is 1. The summed E-state index contributed by atoms with van der Waals surface area (Å²) < 4.78 is 0. The molecule has 0 saturated heterocycles. The maximum absolute atomic E-state index is 5.30. The lowest BCUT2D eigenvalue weighted by Crippen LogP contribution is -2.36. The minimum atomic E-state index is 0.532. The Morgan fingerprint density at radius 2 is 2.00 bits per heavy atom. The highest BCUT2D eigenvalue weighted by atomic mass is 15.3. The zero-order valence-electron chi connectivity index (χ0n) is 9.28. The molecule has 0 atom stereocenters. The maximum atomic E-state index is 5.30. The number of nitrogens with one attached hydrogen (secondary N) is 2. The van der Waals surface area contributed by atoms with Gasteiger partial charge >= 0.3 is 0 Å². The molecule has 0 aromatic heterocycles. The van der Waals surface area contributed by atoms with Gasteiger partial charge in [0, 0.05) is 21.1 Å². The largest absolute Gasteiger partial charge is 0.376 e. The Hall–Kier alpha value is -1.75. The van der Waals surface area contributed by atoms with Crippen LogP contribution in [0.4, 0.5) is 11.4 Å². The first-order chi connectivity index (χ1) is 7.19. The van der Waals surface area contributed by atoms with E-state index in [2.05, 4.69) is 15.7 Å². The molecule has 0 spiro atoms. The lowest BCUT2D eigenvalue weighted by molar-refractivity contribution is 1.01. The first-order valence-corrected chi connectivity index (χ1v) is 4.65. The Morgan fingerprint density at radius 3 is 2.53 bits per heavy atom. The second kappa shape index (κ2) is 5.21. The van der Waals surface area contributed by atoms with E-state index < -0.39 is 0 Å². The van der Waals surface area contributed by atoms with Crippen LogP contribution >= 0.6 is 0 Å². The second-order valence-corrected chi connectivity index (χ2v) is 3.25. The Bertz CT molecular complexity index is 345. The minimum Gasteiger partial charge on any atom is -0.376 e. The molecule has 82 valence electrons. The van der Waals surface area contributed by atoms with E-state index in [1.807, 2.05) is 43.3 Å². The van der Waals surface area contributed by atoms with E-state index >= 15 is 0 Å². The maximum Gasteiger partial charge on any atom is 0.210 e. The first-order valence-electron chi connectivity index (χ1n) is 4.65. The molecule has 5 heteroatoms. The minimum absolute atomic E-state index is 0.532. The average Bonchev–Trinajstić information content (AvgIpc) is 2.26. The van der Waals surface area contributed by atoms with Crippen LogP contribution in [0.3, 0.4) is 0 Å². The van der Waals surface area contributed by atoms with Gasteiger partial charge in [0.25, 0.3) is 0 Å². The molecule has 0 fully saturated rings. The van der Waals surface area contributed by atoms with Crippen molar-refractivity contribution in [3.63, 3.8) is 0 Å². The molecule has 15 heavy (non-hydrogen) atoms. The van der Waals surface area contributed by atoms with Crippen LogP contribution in [-0.4, -0.2) is 27.1 Å². The van der Waals surface area contributed by atoms with Crippen LogP contribution in [0.15, 0.2) is 29.3 Å². The molecule has 0 radical (unpaired) electrons. The zero-order valence-corrected chi connectivity index (χ0v) is 9.28. The number of guanidine groups is 1. The standard InChI is InChI=1S/C10H17N5/c1-12-10(14-11)13-8-6-4-5-7-9(8)15(2)3/h4-7H,11H2,1-3H3,(H2,12,13,14). The number of hydrogen-bond donors (Lipinski definition) is 3. The van der Waals surface area contributed by atoms with E-state index in [-0.39, 0.29) is 0 Å². The van der Waals surface area contributed by atoms with Crippen molar-refractivity contribution in [1.29, 1.82) is 0 Å². The molecule has 0 saturated carbocycles. The molecule has 0 aliphatic rings. The van der Waals surface area contributed by atoms with Crippen LogP contribution in [0.2, 0.25) is 0 Å². The van der Waals surface area contributed by atoms with Gasteiger partial charge in [-0.3, -0.25) is 10.4 Å². The Kier molecular flexibility index (Phi) is 3.93. The Balaban J connectivity index is 2.93. The summed E-state index contributed by atoms with van der Waals surface area (Å²) in [5, 5.41) is 3.10. The number of aliphatic imine (C=N–C) groups is 1. The number of rotatable bonds is 2. The number of hydrogen-bond acceptors (Lipinski definition) is 3. The van der Waals surface area contributed by atoms with E-state index in [9.17, 15) is 0 Å². The topological polar surface area (TPSA) is 65.7 Å². The Labute approximate surface area is 90.0 Å². The van der Waals surface area contributed by atoms with Gasteiger partial charge in [-0.1, -0.05) is 12.1 Å². The van der Waals surface area contributed by atoms with E-state index in [4.69, 9.17) is 5.84 Å². The number of para-hydroxylation sites is 2. The van der Waals surface area contributed by atoms with E-state index in [1.54, 1.807) is 7.05 Å². The van der Waals surface area contributed by atoms with Crippen LogP contribution in [0.5, 0.6) is 0 Å². The highest BCUT2D eigenvalue weighted by Gasteiger charge is 2.04. The average molecular weight is 207 g/mol. The van der Waals surface area contributed by atoms with E-state index in [1.165, 1.54) is 0 Å². The van der Waals surface area contributed by atoms with Crippen LogP contribution in [0, 0.1) is 0 Å². The number of nitrogens with zero attached hydrogens (tertiary/aromatic N) is 2. The predicted octanol–water partition coefficient (Wildman–Crippen LogP) is 0.614. The highest BCUT2D eigenvalue weighted by molar-refractivity contribution is 5.96. The molecule has 0 aliphatic heterocycles. The molecule has 0 bridgehead atoms. The quantitative estimate of drug-likeness (QED) is 0.288. The van der Waals surface area contributed by atoms with Crippen molar-refractivity contribution < 1.29 is 0 Å². The van der Waals surface area contributed by atoms with Gasteiger partial charge in [-0.05, 0) is 12.1 Å². The molecule has 0 unspecified atom stereocenters. The molecule has 5 nitrogen and oxygen atoms in total. The van der Waals surface area contributed by atoms with Gasteiger partial charge in [-0.25, -0.2) is 5.84 Å².